The Morgan fingerprint density at radius 1 is 1.07 bits per heavy atom. The van der Waals surface area contributed by atoms with E-state index in [9.17, 15) is 18.0 Å². The lowest BCUT2D eigenvalue weighted by Gasteiger charge is -2.31. The fourth-order valence-electron chi connectivity index (χ4n) is 2.83. The molecule has 0 spiro atoms. The van der Waals surface area contributed by atoms with Crippen molar-refractivity contribution in [1.82, 2.24) is 10.2 Å². The smallest absolute Gasteiger partial charge is 0.244 e. The van der Waals surface area contributed by atoms with Crippen LogP contribution in [0.3, 0.4) is 0 Å². The molecule has 0 heterocycles. The van der Waals surface area contributed by atoms with Crippen LogP contribution >= 0.6 is 23.2 Å². The molecule has 0 fully saturated rings. The number of amides is 2. The van der Waals surface area contributed by atoms with Crippen LogP contribution in [-0.2, 0) is 26.2 Å². The molecular formula is C20H23Cl2N3O4S. The molecule has 0 aliphatic carbocycles. The van der Waals surface area contributed by atoms with Gasteiger partial charge in [-0.15, -0.1) is 0 Å². The van der Waals surface area contributed by atoms with Crippen LogP contribution in [-0.4, -0.2) is 51.0 Å². The standard InChI is InChI=1S/C20H23Cl2N3O4S/c1-14(20(27)23-2)24(12-15-8-10-16(21)11-9-15)19(26)13-25(30(3,28)29)18-7-5-4-6-17(18)22/h4-11,14H,12-13H2,1-3H3,(H,23,27). The van der Waals surface area contributed by atoms with Gasteiger partial charge in [0.25, 0.3) is 0 Å². The number of nitrogens with one attached hydrogen (secondary N) is 1. The van der Waals surface area contributed by atoms with Crippen molar-refractivity contribution in [3.05, 3.63) is 64.1 Å². The number of hydrogen-bond donors (Lipinski definition) is 1. The molecule has 1 atom stereocenters. The molecule has 0 bridgehead atoms. The molecule has 0 aliphatic rings. The predicted molar refractivity (Wildman–Crippen MR) is 119 cm³/mol. The number of para-hydroxylation sites is 1. The van der Waals surface area contributed by atoms with Gasteiger partial charge < -0.3 is 10.2 Å². The third-order valence-electron chi connectivity index (χ3n) is 4.48. The molecule has 0 aliphatic heterocycles. The predicted octanol–water partition coefficient (Wildman–Crippen LogP) is 2.92. The Bertz CT molecular complexity index is 1010. The minimum absolute atomic E-state index is 0.102. The van der Waals surface area contributed by atoms with E-state index in [1.807, 2.05) is 0 Å². The van der Waals surface area contributed by atoms with Crippen LogP contribution in [0.25, 0.3) is 0 Å². The number of sulfonamides is 1. The van der Waals surface area contributed by atoms with E-state index in [1.165, 1.54) is 24.1 Å². The largest absolute Gasteiger partial charge is 0.357 e. The van der Waals surface area contributed by atoms with Crippen molar-refractivity contribution < 1.29 is 18.0 Å². The van der Waals surface area contributed by atoms with E-state index in [0.29, 0.717) is 5.02 Å². The summed E-state index contributed by atoms with van der Waals surface area (Å²) < 4.78 is 25.7. The number of carbonyl (C=O) groups is 2. The maximum atomic E-state index is 13.2. The SMILES string of the molecule is CNC(=O)C(C)N(Cc1ccc(Cl)cc1)C(=O)CN(c1ccccc1Cl)S(C)(=O)=O. The summed E-state index contributed by atoms with van der Waals surface area (Å²) in [6.07, 6.45) is 0.995. The molecule has 7 nitrogen and oxygen atoms in total. The highest BCUT2D eigenvalue weighted by Crippen LogP contribution is 2.27. The topological polar surface area (TPSA) is 86.8 Å². The first-order valence-corrected chi connectivity index (χ1v) is 11.6. The summed E-state index contributed by atoms with van der Waals surface area (Å²) in [7, 11) is -2.35. The zero-order chi connectivity index (χ0) is 22.5. The van der Waals surface area contributed by atoms with Crippen molar-refractivity contribution in [2.45, 2.75) is 19.5 Å². The number of rotatable bonds is 8. The number of likely N-dealkylation sites (N-methyl/N-ethyl adjacent to an activating group) is 1. The van der Waals surface area contributed by atoms with Crippen molar-refractivity contribution in [2.75, 3.05) is 24.2 Å². The normalized spacial score (nSPS) is 12.2. The van der Waals surface area contributed by atoms with Gasteiger partial charge >= 0.3 is 0 Å². The molecule has 1 unspecified atom stereocenters. The molecule has 30 heavy (non-hydrogen) atoms. The first-order chi connectivity index (χ1) is 14.0. The molecule has 0 aromatic heterocycles. The Kier molecular flexibility index (Phi) is 8.11. The summed E-state index contributed by atoms with van der Waals surface area (Å²) in [5.74, 6) is -0.924. The Hall–Kier alpha value is -2.29. The summed E-state index contributed by atoms with van der Waals surface area (Å²) in [6.45, 7) is 1.18. The summed E-state index contributed by atoms with van der Waals surface area (Å²) in [5, 5.41) is 3.25. The minimum atomic E-state index is -3.82. The highest BCUT2D eigenvalue weighted by atomic mass is 35.5. The quantitative estimate of drug-likeness (QED) is 0.640. The lowest BCUT2D eigenvalue weighted by Crippen LogP contribution is -2.50. The van der Waals surface area contributed by atoms with E-state index >= 15 is 0 Å². The Morgan fingerprint density at radius 2 is 1.67 bits per heavy atom. The van der Waals surface area contributed by atoms with Crippen LogP contribution in [0.4, 0.5) is 5.69 Å². The van der Waals surface area contributed by atoms with Gasteiger partial charge in [-0.2, -0.15) is 0 Å². The molecule has 2 aromatic rings. The molecule has 2 rings (SSSR count). The van der Waals surface area contributed by atoms with Gasteiger partial charge in [-0.25, -0.2) is 8.42 Å². The number of carbonyl (C=O) groups excluding carboxylic acids is 2. The highest BCUT2D eigenvalue weighted by Gasteiger charge is 2.30. The second kappa shape index (κ2) is 10.1. The number of halogens is 2. The molecule has 162 valence electrons. The molecule has 0 saturated heterocycles. The second-order valence-corrected chi connectivity index (χ2v) is 9.41. The third kappa shape index (κ3) is 6.10. The van der Waals surface area contributed by atoms with Crippen molar-refractivity contribution in [3.63, 3.8) is 0 Å². The molecule has 0 radical (unpaired) electrons. The van der Waals surface area contributed by atoms with E-state index in [1.54, 1.807) is 43.3 Å². The highest BCUT2D eigenvalue weighted by molar-refractivity contribution is 7.92. The lowest BCUT2D eigenvalue weighted by atomic mass is 10.1. The average molecular weight is 472 g/mol. The molecular weight excluding hydrogens is 449 g/mol. The molecule has 0 saturated carbocycles. The minimum Gasteiger partial charge on any atom is -0.357 e. The average Bonchev–Trinajstić information content (AvgIpc) is 2.70. The maximum Gasteiger partial charge on any atom is 0.244 e. The Morgan fingerprint density at radius 3 is 2.20 bits per heavy atom. The first-order valence-electron chi connectivity index (χ1n) is 9.02. The molecule has 2 aromatic carbocycles. The number of hydrogen-bond acceptors (Lipinski definition) is 4. The molecule has 10 heteroatoms. The van der Waals surface area contributed by atoms with Gasteiger partial charge in [0.1, 0.15) is 12.6 Å². The van der Waals surface area contributed by atoms with Crippen molar-refractivity contribution in [3.8, 4) is 0 Å². The Balaban J connectivity index is 2.38. The van der Waals surface area contributed by atoms with Crippen molar-refractivity contribution >= 4 is 50.7 Å². The Labute approximate surface area is 186 Å². The van der Waals surface area contributed by atoms with Crippen LogP contribution < -0.4 is 9.62 Å². The zero-order valence-corrected chi connectivity index (χ0v) is 19.1. The number of nitrogens with zero attached hydrogens (tertiary/aromatic N) is 2. The fourth-order valence-corrected chi connectivity index (χ4v) is 4.10. The summed E-state index contributed by atoms with van der Waals surface area (Å²) in [5.41, 5.74) is 0.932. The monoisotopic (exact) mass is 471 g/mol. The van der Waals surface area contributed by atoms with Crippen LogP contribution in [0.1, 0.15) is 12.5 Å². The molecule has 2 amide bonds. The van der Waals surface area contributed by atoms with E-state index < -0.39 is 28.5 Å². The van der Waals surface area contributed by atoms with Crippen LogP contribution in [0, 0.1) is 0 Å². The first kappa shape index (κ1) is 24.0. The van der Waals surface area contributed by atoms with Crippen LogP contribution in [0.2, 0.25) is 10.0 Å². The molecule has 1 N–H and O–H groups in total. The third-order valence-corrected chi connectivity index (χ3v) is 6.18. The van der Waals surface area contributed by atoms with Gasteiger partial charge in [-0.3, -0.25) is 13.9 Å². The summed E-state index contributed by atoms with van der Waals surface area (Å²) in [4.78, 5) is 26.7. The lowest BCUT2D eigenvalue weighted by molar-refractivity contribution is -0.139. The van der Waals surface area contributed by atoms with E-state index in [-0.39, 0.29) is 23.2 Å². The zero-order valence-electron chi connectivity index (χ0n) is 16.8. The van der Waals surface area contributed by atoms with Crippen molar-refractivity contribution in [1.29, 1.82) is 0 Å². The second-order valence-electron chi connectivity index (χ2n) is 6.66. The van der Waals surface area contributed by atoms with Gasteiger partial charge in [0.2, 0.25) is 21.8 Å². The maximum absolute atomic E-state index is 13.2. The van der Waals surface area contributed by atoms with Crippen LogP contribution in [0.5, 0.6) is 0 Å². The van der Waals surface area contributed by atoms with Gasteiger partial charge in [0.15, 0.2) is 0 Å². The number of anilines is 1. The van der Waals surface area contributed by atoms with Gasteiger partial charge in [0.05, 0.1) is 17.0 Å². The van der Waals surface area contributed by atoms with Gasteiger partial charge in [0, 0.05) is 18.6 Å². The van der Waals surface area contributed by atoms with Crippen molar-refractivity contribution in [2.24, 2.45) is 0 Å². The fraction of sp³-hybridized carbons (Fsp3) is 0.300. The van der Waals surface area contributed by atoms with E-state index in [4.69, 9.17) is 23.2 Å². The van der Waals surface area contributed by atoms with Gasteiger partial charge in [-0.1, -0.05) is 47.5 Å². The summed E-state index contributed by atoms with van der Waals surface area (Å²) in [6, 6.07) is 12.3. The van der Waals surface area contributed by atoms with Crippen LogP contribution in [0.15, 0.2) is 48.5 Å². The summed E-state index contributed by atoms with van der Waals surface area (Å²) >= 11 is 12.1. The van der Waals surface area contributed by atoms with E-state index in [2.05, 4.69) is 5.32 Å². The van der Waals surface area contributed by atoms with Gasteiger partial charge in [-0.05, 0) is 36.8 Å². The van der Waals surface area contributed by atoms with E-state index in [0.717, 1.165) is 16.1 Å². The number of benzene rings is 2.